The molecule has 14 heavy (non-hydrogen) atoms. The van der Waals surface area contributed by atoms with Crippen LogP contribution in [0.4, 0.5) is 0 Å². The minimum atomic E-state index is -0.301. The predicted molar refractivity (Wildman–Crippen MR) is 62.9 cm³/mol. The highest BCUT2D eigenvalue weighted by atomic mass is 79.9. The second-order valence-corrected chi connectivity index (χ2v) is 4.97. The average Bonchev–Trinajstić information content (AvgIpc) is 2.15. The molecule has 0 unspecified atom stereocenters. The van der Waals surface area contributed by atoms with E-state index in [0.717, 1.165) is 16.5 Å². The summed E-state index contributed by atoms with van der Waals surface area (Å²) < 4.78 is 0. The summed E-state index contributed by atoms with van der Waals surface area (Å²) in [6.07, 6.45) is 0. The molecule has 0 aliphatic heterocycles. The van der Waals surface area contributed by atoms with E-state index < -0.39 is 0 Å². The van der Waals surface area contributed by atoms with E-state index in [4.69, 9.17) is 0 Å². The molecule has 0 spiro atoms. The Morgan fingerprint density at radius 3 is 2.50 bits per heavy atom. The molecule has 2 heteroatoms. The number of benzene rings is 1. The Labute approximate surface area is 93.7 Å². The molecule has 0 saturated heterocycles. The zero-order chi connectivity index (χ0) is 10.8. The first kappa shape index (κ1) is 11.4. The third-order valence-electron chi connectivity index (χ3n) is 2.02. The van der Waals surface area contributed by atoms with Gasteiger partial charge in [-0.3, -0.25) is 4.79 Å². The maximum absolute atomic E-state index is 11.9. The topological polar surface area (TPSA) is 17.1 Å². The summed E-state index contributed by atoms with van der Waals surface area (Å²) in [5.41, 5.74) is 1.64. The van der Waals surface area contributed by atoms with Gasteiger partial charge in [0.05, 0.1) is 0 Å². The van der Waals surface area contributed by atoms with E-state index >= 15 is 0 Å². The van der Waals surface area contributed by atoms with Crippen molar-refractivity contribution in [2.75, 3.05) is 0 Å². The predicted octanol–water partition coefficient (Wildman–Crippen LogP) is 3.81. The minimum absolute atomic E-state index is 0.195. The molecule has 0 radical (unpaired) electrons. The van der Waals surface area contributed by atoms with Crippen molar-refractivity contribution in [3.05, 3.63) is 35.4 Å². The molecule has 1 rings (SSSR count). The summed E-state index contributed by atoms with van der Waals surface area (Å²) in [5.74, 6) is 0.195. The van der Waals surface area contributed by atoms with E-state index in [1.165, 1.54) is 0 Å². The molecule has 1 nitrogen and oxygen atoms in total. The van der Waals surface area contributed by atoms with Crippen molar-refractivity contribution in [1.82, 2.24) is 0 Å². The van der Waals surface area contributed by atoms with Crippen molar-refractivity contribution in [3.63, 3.8) is 0 Å². The van der Waals surface area contributed by atoms with Crippen LogP contribution in [0.5, 0.6) is 0 Å². The molecule has 0 aliphatic rings. The Morgan fingerprint density at radius 2 is 2.00 bits per heavy atom. The number of halogens is 1. The van der Waals surface area contributed by atoms with E-state index in [1.807, 2.05) is 45.0 Å². The minimum Gasteiger partial charge on any atom is -0.294 e. The van der Waals surface area contributed by atoms with Gasteiger partial charge in [-0.2, -0.15) is 0 Å². The number of hydrogen-bond acceptors (Lipinski definition) is 1. The molecular weight excluding hydrogens is 240 g/mol. The molecular formula is C12H15BrO. The molecule has 0 atom stereocenters. The number of rotatable bonds is 2. The van der Waals surface area contributed by atoms with E-state index in [9.17, 15) is 4.79 Å². The maximum Gasteiger partial charge on any atom is 0.168 e. The first-order valence-electron chi connectivity index (χ1n) is 4.65. The van der Waals surface area contributed by atoms with Crippen LogP contribution in [0.25, 0.3) is 0 Å². The van der Waals surface area contributed by atoms with Crippen molar-refractivity contribution in [2.45, 2.75) is 26.1 Å². The highest BCUT2D eigenvalue weighted by molar-refractivity contribution is 9.08. The molecule has 0 aromatic heterocycles. The first-order chi connectivity index (χ1) is 6.45. The van der Waals surface area contributed by atoms with Crippen LogP contribution < -0.4 is 0 Å². The average molecular weight is 255 g/mol. The normalized spacial score (nSPS) is 11.4. The van der Waals surface area contributed by atoms with Gasteiger partial charge in [0.1, 0.15) is 0 Å². The Morgan fingerprint density at radius 1 is 1.36 bits per heavy atom. The number of Topliss-reactive ketones (excluding diaryl/α,β-unsaturated/α-hetero) is 1. The molecule has 76 valence electrons. The third kappa shape index (κ3) is 2.68. The number of ketones is 1. The highest BCUT2D eigenvalue weighted by Gasteiger charge is 2.22. The van der Waals surface area contributed by atoms with E-state index in [2.05, 4.69) is 15.9 Å². The molecule has 0 bridgehead atoms. The number of hydrogen-bond donors (Lipinski definition) is 0. The Hall–Kier alpha value is -0.630. The quantitative estimate of drug-likeness (QED) is 0.580. The van der Waals surface area contributed by atoms with Gasteiger partial charge in [-0.25, -0.2) is 0 Å². The van der Waals surface area contributed by atoms with Gasteiger partial charge < -0.3 is 0 Å². The van der Waals surface area contributed by atoms with Crippen LogP contribution in [-0.2, 0) is 5.33 Å². The van der Waals surface area contributed by atoms with E-state index in [0.29, 0.717) is 0 Å². The Kier molecular flexibility index (Phi) is 3.48. The number of carbonyl (C=O) groups is 1. The summed E-state index contributed by atoms with van der Waals surface area (Å²) in [7, 11) is 0. The van der Waals surface area contributed by atoms with E-state index in [-0.39, 0.29) is 11.2 Å². The maximum atomic E-state index is 11.9. The molecule has 0 heterocycles. The summed E-state index contributed by atoms with van der Waals surface area (Å²) in [5, 5.41) is 0.790. The lowest BCUT2D eigenvalue weighted by Crippen LogP contribution is -2.20. The summed E-state index contributed by atoms with van der Waals surface area (Å²) >= 11 is 3.38. The summed E-state index contributed by atoms with van der Waals surface area (Å²) in [4.78, 5) is 11.9. The van der Waals surface area contributed by atoms with Crippen LogP contribution >= 0.6 is 15.9 Å². The van der Waals surface area contributed by atoms with Gasteiger partial charge in [0.15, 0.2) is 5.78 Å². The van der Waals surface area contributed by atoms with Crippen LogP contribution in [0.15, 0.2) is 24.3 Å². The molecule has 1 aromatic carbocycles. The monoisotopic (exact) mass is 254 g/mol. The fraction of sp³-hybridized carbons (Fsp3) is 0.417. The fourth-order valence-electron chi connectivity index (χ4n) is 1.23. The Balaban J connectivity index is 3.02. The van der Waals surface area contributed by atoms with Gasteiger partial charge in [0.25, 0.3) is 0 Å². The number of alkyl halides is 1. The van der Waals surface area contributed by atoms with Gasteiger partial charge >= 0.3 is 0 Å². The standard InChI is InChI=1S/C12H15BrO/c1-12(2,3)11(14)10-6-4-5-9(7-10)8-13/h4-7H,8H2,1-3H3. The fourth-order valence-corrected chi connectivity index (χ4v) is 1.58. The lowest BCUT2D eigenvalue weighted by atomic mass is 9.86. The zero-order valence-electron chi connectivity index (χ0n) is 8.80. The molecule has 0 saturated carbocycles. The molecule has 0 N–H and O–H groups in total. The number of carbonyl (C=O) groups excluding carboxylic acids is 1. The van der Waals surface area contributed by atoms with Gasteiger partial charge in [0, 0.05) is 16.3 Å². The van der Waals surface area contributed by atoms with E-state index in [1.54, 1.807) is 0 Å². The summed E-state index contributed by atoms with van der Waals surface area (Å²) in [6, 6.07) is 7.76. The van der Waals surface area contributed by atoms with Crippen LogP contribution in [-0.4, -0.2) is 5.78 Å². The zero-order valence-corrected chi connectivity index (χ0v) is 10.4. The van der Waals surface area contributed by atoms with Gasteiger partial charge in [-0.15, -0.1) is 0 Å². The molecule has 1 aromatic rings. The van der Waals surface area contributed by atoms with Crippen molar-refractivity contribution < 1.29 is 4.79 Å². The second-order valence-electron chi connectivity index (χ2n) is 4.41. The first-order valence-corrected chi connectivity index (χ1v) is 5.77. The molecule has 0 aliphatic carbocycles. The van der Waals surface area contributed by atoms with Crippen LogP contribution in [0.3, 0.4) is 0 Å². The second kappa shape index (κ2) is 4.26. The Bertz CT molecular complexity index is 336. The van der Waals surface area contributed by atoms with Crippen molar-refractivity contribution in [2.24, 2.45) is 5.41 Å². The van der Waals surface area contributed by atoms with Crippen LogP contribution in [0.2, 0.25) is 0 Å². The lowest BCUT2D eigenvalue weighted by molar-refractivity contribution is 0.0858. The highest BCUT2D eigenvalue weighted by Crippen LogP contribution is 2.21. The molecule has 0 amide bonds. The SMILES string of the molecule is CC(C)(C)C(=O)c1cccc(CBr)c1. The van der Waals surface area contributed by atoms with Gasteiger partial charge in [0.2, 0.25) is 0 Å². The largest absolute Gasteiger partial charge is 0.294 e. The smallest absolute Gasteiger partial charge is 0.168 e. The van der Waals surface area contributed by atoms with Gasteiger partial charge in [-0.05, 0) is 11.6 Å². The van der Waals surface area contributed by atoms with Gasteiger partial charge in [-0.1, -0.05) is 54.9 Å². The van der Waals surface area contributed by atoms with Crippen molar-refractivity contribution in [1.29, 1.82) is 0 Å². The van der Waals surface area contributed by atoms with Crippen LogP contribution in [0.1, 0.15) is 36.7 Å². The van der Waals surface area contributed by atoms with Crippen molar-refractivity contribution >= 4 is 21.7 Å². The van der Waals surface area contributed by atoms with Crippen LogP contribution in [0, 0.1) is 5.41 Å². The van der Waals surface area contributed by atoms with Crippen molar-refractivity contribution in [3.8, 4) is 0 Å². The molecule has 0 fully saturated rings. The third-order valence-corrected chi connectivity index (χ3v) is 2.67. The lowest BCUT2D eigenvalue weighted by Gasteiger charge is -2.16. The summed E-state index contributed by atoms with van der Waals surface area (Å²) in [6.45, 7) is 5.82.